The van der Waals surface area contributed by atoms with Gasteiger partial charge in [-0.25, -0.2) is 4.79 Å². The average molecular weight is 316 g/mol. The topological polar surface area (TPSA) is 64.3 Å². The molecule has 0 aliphatic rings. The van der Waals surface area contributed by atoms with Crippen LogP contribution in [0, 0.1) is 0 Å². The highest BCUT2D eigenvalue weighted by atomic mass is 32.2. The first kappa shape index (κ1) is 16.2. The van der Waals surface area contributed by atoms with Crippen LogP contribution in [-0.2, 0) is 15.3 Å². The molecule has 0 saturated heterocycles. The SMILES string of the molecule is COC(=O)C(CSCc1ccccc1)Nc1ccc(N)cc1. The van der Waals surface area contributed by atoms with Gasteiger partial charge in [0.15, 0.2) is 0 Å². The van der Waals surface area contributed by atoms with E-state index >= 15 is 0 Å². The standard InChI is InChI=1S/C17H20N2O2S/c1-21-17(20)16(19-15-9-7-14(18)8-10-15)12-22-11-13-5-3-2-4-6-13/h2-10,16,19H,11-12,18H2,1H3. The van der Waals surface area contributed by atoms with Crippen molar-refractivity contribution in [1.29, 1.82) is 0 Å². The van der Waals surface area contributed by atoms with E-state index in [2.05, 4.69) is 17.4 Å². The fourth-order valence-corrected chi connectivity index (χ4v) is 2.96. The van der Waals surface area contributed by atoms with Gasteiger partial charge in [0.2, 0.25) is 0 Å². The number of hydrogen-bond acceptors (Lipinski definition) is 5. The molecule has 5 heteroatoms. The molecule has 0 bridgehead atoms. The smallest absolute Gasteiger partial charge is 0.329 e. The number of hydrogen-bond donors (Lipinski definition) is 2. The highest BCUT2D eigenvalue weighted by Gasteiger charge is 2.18. The molecule has 3 N–H and O–H groups in total. The van der Waals surface area contributed by atoms with Gasteiger partial charge in [-0.15, -0.1) is 0 Å². The molecule has 2 aromatic carbocycles. The van der Waals surface area contributed by atoms with E-state index in [0.717, 1.165) is 11.4 Å². The van der Waals surface area contributed by atoms with Gasteiger partial charge in [-0.1, -0.05) is 30.3 Å². The van der Waals surface area contributed by atoms with Gasteiger partial charge >= 0.3 is 5.97 Å². The molecular formula is C17H20N2O2S. The van der Waals surface area contributed by atoms with E-state index in [4.69, 9.17) is 10.5 Å². The summed E-state index contributed by atoms with van der Waals surface area (Å²) in [5.41, 5.74) is 8.45. The first-order chi connectivity index (χ1) is 10.7. The Morgan fingerprint density at radius 3 is 2.50 bits per heavy atom. The summed E-state index contributed by atoms with van der Waals surface area (Å²) in [4.78, 5) is 11.9. The minimum Gasteiger partial charge on any atom is -0.467 e. The Balaban J connectivity index is 1.91. The number of thioether (sulfide) groups is 1. The Kier molecular flexibility index (Phi) is 6.15. The number of carbonyl (C=O) groups is 1. The van der Waals surface area contributed by atoms with E-state index in [1.54, 1.807) is 23.9 Å². The molecule has 1 unspecified atom stereocenters. The van der Waals surface area contributed by atoms with Crippen LogP contribution < -0.4 is 11.1 Å². The number of carbonyl (C=O) groups excluding carboxylic acids is 1. The molecule has 0 saturated carbocycles. The second kappa shape index (κ2) is 8.34. The second-order valence-electron chi connectivity index (χ2n) is 4.84. The number of nitrogens with two attached hydrogens (primary N) is 1. The lowest BCUT2D eigenvalue weighted by molar-refractivity contribution is -0.140. The molecular weight excluding hydrogens is 296 g/mol. The van der Waals surface area contributed by atoms with Gasteiger partial charge in [-0.2, -0.15) is 11.8 Å². The molecule has 2 rings (SSSR count). The van der Waals surface area contributed by atoms with Gasteiger partial charge < -0.3 is 15.8 Å². The summed E-state index contributed by atoms with van der Waals surface area (Å²) in [6, 6.07) is 17.1. The van der Waals surface area contributed by atoms with Crippen molar-refractivity contribution >= 4 is 29.1 Å². The number of esters is 1. The maximum Gasteiger partial charge on any atom is 0.329 e. The maximum atomic E-state index is 11.9. The highest BCUT2D eigenvalue weighted by Crippen LogP contribution is 2.17. The summed E-state index contributed by atoms with van der Waals surface area (Å²) >= 11 is 1.69. The van der Waals surface area contributed by atoms with Crippen LogP contribution in [0.1, 0.15) is 5.56 Å². The molecule has 0 radical (unpaired) electrons. The summed E-state index contributed by atoms with van der Waals surface area (Å²) < 4.78 is 4.87. The van der Waals surface area contributed by atoms with Crippen LogP contribution in [0.2, 0.25) is 0 Å². The predicted octanol–water partition coefficient (Wildman–Crippen LogP) is 3.16. The van der Waals surface area contributed by atoms with Crippen LogP contribution in [0.3, 0.4) is 0 Å². The number of rotatable bonds is 7. The van der Waals surface area contributed by atoms with Crippen molar-refractivity contribution in [1.82, 2.24) is 0 Å². The van der Waals surface area contributed by atoms with Crippen molar-refractivity contribution in [2.75, 3.05) is 23.9 Å². The van der Waals surface area contributed by atoms with Gasteiger partial charge in [0.05, 0.1) is 7.11 Å². The van der Waals surface area contributed by atoms with Crippen LogP contribution >= 0.6 is 11.8 Å². The Labute approximate surface area is 135 Å². The summed E-state index contributed by atoms with van der Waals surface area (Å²) in [6.07, 6.45) is 0. The van der Waals surface area contributed by atoms with E-state index in [9.17, 15) is 4.79 Å². The highest BCUT2D eigenvalue weighted by molar-refractivity contribution is 7.98. The van der Waals surface area contributed by atoms with Crippen molar-refractivity contribution < 1.29 is 9.53 Å². The van der Waals surface area contributed by atoms with Crippen molar-refractivity contribution in [3.05, 3.63) is 60.2 Å². The lowest BCUT2D eigenvalue weighted by atomic mass is 10.2. The van der Waals surface area contributed by atoms with Crippen LogP contribution in [0.15, 0.2) is 54.6 Å². The first-order valence-electron chi connectivity index (χ1n) is 7.00. The van der Waals surface area contributed by atoms with Crippen molar-refractivity contribution in [3.63, 3.8) is 0 Å². The average Bonchev–Trinajstić information content (AvgIpc) is 2.56. The summed E-state index contributed by atoms with van der Waals surface area (Å²) in [6.45, 7) is 0. The first-order valence-corrected chi connectivity index (χ1v) is 8.16. The largest absolute Gasteiger partial charge is 0.467 e. The minimum absolute atomic E-state index is 0.266. The van der Waals surface area contributed by atoms with Gasteiger partial charge in [-0.3, -0.25) is 0 Å². The van der Waals surface area contributed by atoms with Crippen LogP contribution in [0.5, 0.6) is 0 Å². The quantitative estimate of drug-likeness (QED) is 0.607. The molecule has 0 aliphatic carbocycles. The predicted molar refractivity (Wildman–Crippen MR) is 92.9 cm³/mol. The molecule has 0 amide bonds. The van der Waals surface area contributed by atoms with Crippen LogP contribution in [-0.4, -0.2) is 24.9 Å². The van der Waals surface area contributed by atoms with Gasteiger partial charge in [0.1, 0.15) is 6.04 Å². The molecule has 0 fully saturated rings. The fraction of sp³-hybridized carbons (Fsp3) is 0.235. The van der Waals surface area contributed by atoms with Crippen LogP contribution in [0.25, 0.3) is 0 Å². The zero-order valence-corrected chi connectivity index (χ0v) is 13.3. The number of ether oxygens (including phenoxy) is 1. The lowest BCUT2D eigenvalue weighted by Crippen LogP contribution is -2.33. The number of benzene rings is 2. The normalized spacial score (nSPS) is 11.7. The second-order valence-corrected chi connectivity index (χ2v) is 5.87. The Morgan fingerprint density at radius 1 is 1.18 bits per heavy atom. The molecule has 0 aromatic heterocycles. The monoisotopic (exact) mass is 316 g/mol. The Morgan fingerprint density at radius 2 is 1.86 bits per heavy atom. The molecule has 22 heavy (non-hydrogen) atoms. The van der Waals surface area contributed by atoms with Crippen molar-refractivity contribution in [2.45, 2.75) is 11.8 Å². The summed E-state index contributed by atoms with van der Waals surface area (Å²) in [5, 5.41) is 3.19. The third kappa shape index (κ3) is 5.00. The molecule has 116 valence electrons. The molecule has 0 spiro atoms. The van der Waals surface area contributed by atoms with Gasteiger partial charge in [0.25, 0.3) is 0 Å². The van der Waals surface area contributed by atoms with Crippen molar-refractivity contribution in [3.8, 4) is 0 Å². The van der Waals surface area contributed by atoms with Gasteiger partial charge in [0, 0.05) is 22.9 Å². The van der Waals surface area contributed by atoms with E-state index in [0.29, 0.717) is 11.4 Å². The number of anilines is 2. The molecule has 0 aliphatic heterocycles. The van der Waals surface area contributed by atoms with Crippen LogP contribution in [0.4, 0.5) is 11.4 Å². The van der Waals surface area contributed by atoms with E-state index in [1.807, 2.05) is 30.3 Å². The Bertz CT molecular complexity index is 587. The third-order valence-electron chi connectivity index (χ3n) is 3.13. The summed E-state index contributed by atoms with van der Waals surface area (Å²) in [5.74, 6) is 1.22. The summed E-state index contributed by atoms with van der Waals surface area (Å²) in [7, 11) is 1.40. The maximum absolute atomic E-state index is 11.9. The zero-order chi connectivity index (χ0) is 15.8. The number of methoxy groups -OCH3 is 1. The van der Waals surface area contributed by atoms with E-state index < -0.39 is 0 Å². The molecule has 1 atom stereocenters. The fourth-order valence-electron chi connectivity index (χ4n) is 1.96. The van der Waals surface area contributed by atoms with Crippen molar-refractivity contribution in [2.24, 2.45) is 0 Å². The molecule has 0 heterocycles. The molecule has 4 nitrogen and oxygen atoms in total. The third-order valence-corrected chi connectivity index (χ3v) is 4.24. The zero-order valence-electron chi connectivity index (χ0n) is 12.5. The number of nitrogens with one attached hydrogen (secondary N) is 1. The lowest BCUT2D eigenvalue weighted by Gasteiger charge is -2.17. The van der Waals surface area contributed by atoms with E-state index in [-0.39, 0.29) is 12.0 Å². The van der Waals surface area contributed by atoms with Gasteiger partial charge in [-0.05, 0) is 29.8 Å². The Hall–Kier alpha value is -2.14. The van der Waals surface area contributed by atoms with E-state index in [1.165, 1.54) is 12.7 Å². The number of nitrogen functional groups attached to an aromatic ring is 1. The minimum atomic E-state index is -0.387. The molecule has 2 aromatic rings.